The molecule has 4 nitrogen and oxygen atoms in total. The number of nitrogens with zero attached hydrogens (tertiary/aromatic N) is 1. The number of piperidine rings is 1. The van der Waals surface area contributed by atoms with Gasteiger partial charge >= 0.3 is 6.18 Å². The van der Waals surface area contributed by atoms with E-state index in [1.54, 1.807) is 12.3 Å². The Morgan fingerprint density at radius 3 is 2.56 bits per heavy atom. The van der Waals surface area contributed by atoms with E-state index in [2.05, 4.69) is 15.6 Å². The van der Waals surface area contributed by atoms with Gasteiger partial charge in [-0.25, -0.2) is 0 Å². The molecule has 2 saturated heterocycles. The van der Waals surface area contributed by atoms with Crippen LogP contribution >= 0.6 is 0 Å². The highest BCUT2D eigenvalue weighted by Crippen LogP contribution is 2.38. The minimum absolute atomic E-state index is 0.0466. The fourth-order valence-corrected chi connectivity index (χ4v) is 4.06. The van der Waals surface area contributed by atoms with Crippen molar-refractivity contribution >= 4 is 5.91 Å². The maximum atomic E-state index is 12.7. The highest BCUT2D eigenvalue weighted by Gasteiger charge is 2.42. The van der Waals surface area contributed by atoms with E-state index in [9.17, 15) is 18.0 Å². The van der Waals surface area contributed by atoms with Crippen LogP contribution in [0.5, 0.6) is 0 Å². The van der Waals surface area contributed by atoms with Crippen LogP contribution in [-0.4, -0.2) is 23.0 Å². The van der Waals surface area contributed by atoms with E-state index in [0.717, 1.165) is 48.2 Å². The minimum Gasteiger partial charge on any atom is -0.356 e. The lowest BCUT2D eigenvalue weighted by molar-refractivity contribution is -0.137. The molecule has 2 atom stereocenters. The molecular formula is C20H20F3N3O. The van der Waals surface area contributed by atoms with Gasteiger partial charge in [-0.1, -0.05) is 12.1 Å². The summed E-state index contributed by atoms with van der Waals surface area (Å²) in [5, 5.41) is 6.45. The number of carbonyl (C=O) groups excluding carboxylic acids is 1. The van der Waals surface area contributed by atoms with Gasteiger partial charge in [0, 0.05) is 30.7 Å². The normalized spacial score (nSPS) is 25.6. The lowest BCUT2D eigenvalue weighted by atomic mass is 9.87. The molecule has 1 aromatic heterocycles. The summed E-state index contributed by atoms with van der Waals surface area (Å²) in [5.41, 5.74) is 1.58. The van der Waals surface area contributed by atoms with Crippen molar-refractivity contribution in [3.8, 4) is 11.1 Å². The third-order valence-electron chi connectivity index (χ3n) is 5.50. The molecule has 0 radical (unpaired) electrons. The predicted molar refractivity (Wildman–Crippen MR) is 94.8 cm³/mol. The second-order valence-electron chi connectivity index (χ2n) is 7.34. The standard InChI is InChI=1S/C20H20F3N3O/c21-20(22,23)15-3-1-13(2-4-15)14-6-9-24-17(11-14)16-5-7-19(26-16)8-10-25-18(27)12-19/h1-4,6,9,11,16,26H,5,7-8,10,12H2,(H,25,27)/t16-,19?/m0/s1. The summed E-state index contributed by atoms with van der Waals surface area (Å²) >= 11 is 0. The number of pyridine rings is 1. The first kappa shape index (κ1) is 18.0. The van der Waals surface area contributed by atoms with Gasteiger partial charge in [-0.15, -0.1) is 0 Å². The summed E-state index contributed by atoms with van der Waals surface area (Å²) < 4.78 is 38.2. The van der Waals surface area contributed by atoms with Crippen molar-refractivity contribution in [1.29, 1.82) is 0 Å². The molecule has 0 saturated carbocycles. The third kappa shape index (κ3) is 3.69. The summed E-state index contributed by atoms with van der Waals surface area (Å²) in [6.45, 7) is 0.678. The van der Waals surface area contributed by atoms with Crippen molar-refractivity contribution in [2.24, 2.45) is 0 Å². The van der Waals surface area contributed by atoms with Gasteiger partial charge in [-0.2, -0.15) is 13.2 Å². The average molecular weight is 375 g/mol. The topological polar surface area (TPSA) is 54.0 Å². The molecule has 142 valence electrons. The van der Waals surface area contributed by atoms with Crippen LogP contribution in [0.2, 0.25) is 0 Å². The van der Waals surface area contributed by atoms with Crippen molar-refractivity contribution in [2.75, 3.05) is 6.54 Å². The van der Waals surface area contributed by atoms with E-state index >= 15 is 0 Å². The molecule has 1 unspecified atom stereocenters. The fourth-order valence-electron chi connectivity index (χ4n) is 4.06. The van der Waals surface area contributed by atoms with Gasteiger partial charge in [0.25, 0.3) is 0 Å². The van der Waals surface area contributed by atoms with Crippen LogP contribution in [0.1, 0.15) is 43.0 Å². The Morgan fingerprint density at radius 2 is 1.85 bits per heavy atom. The largest absolute Gasteiger partial charge is 0.416 e. The monoisotopic (exact) mass is 375 g/mol. The number of carbonyl (C=O) groups is 1. The molecule has 2 aliphatic rings. The van der Waals surface area contributed by atoms with E-state index in [-0.39, 0.29) is 17.5 Å². The summed E-state index contributed by atoms with van der Waals surface area (Å²) in [5.74, 6) is 0.0702. The molecule has 2 N–H and O–H groups in total. The van der Waals surface area contributed by atoms with E-state index in [4.69, 9.17) is 0 Å². The zero-order chi connectivity index (χ0) is 19.1. The molecule has 1 aromatic carbocycles. The maximum Gasteiger partial charge on any atom is 0.416 e. The van der Waals surface area contributed by atoms with E-state index in [1.165, 1.54) is 12.1 Å². The molecule has 27 heavy (non-hydrogen) atoms. The molecule has 0 bridgehead atoms. The first-order valence-electron chi connectivity index (χ1n) is 9.03. The molecule has 1 spiro atoms. The molecule has 4 rings (SSSR count). The van der Waals surface area contributed by atoms with Gasteiger partial charge in [0.05, 0.1) is 11.3 Å². The highest BCUT2D eigenvalue weighted by molar-refractivity contribution is 5.78. The first-order chi connectivity index (χ1) is 12.8. The lowest BCUT2D eigenvalue weighted by Crippen LogP contribution is -2.51. The number of nitrogens with one attached hydrogen (secondary N) is 2. The fraction of sp³-hybridized carbons (Fsp3) is 0.400. The number of aromatic nitrogens is 1. The molecule has 0 aliphatic carbocycles. The molecule has 1 amide bonds. The van der Waals surface area contributed by atoms with Gasteiger partial charge in [-0.3, -0.25) is 9.78 Å². The molecule has 2 fully saturated rings. The number of rotatable bonds is 2. The summed E-state index contributed by atoms with van der Waals surface area (Å²) in [6, 6.07) is 8.92. The maximum absolute atomic E-state index is 12.7. The van der Waals surface area contributed by atoms with Gasteiger partial charge in [0.2, 0.25) is 5.91 Å². The number of benzene rings is 1. The third-order valence-corrected chi connectivity index (χ3v) is 5.50. The summed E-state index contributed by atoms with van der Waals surface area (Å²) in [7, 11) is 0. The minimum atomic E-state index is -4.34. The Labute approximate surface area is 155 Å². The predicted octanol–water partition coefficient (Wildman–Crippen LogP) is 3.84. The number of hydrogen-bond acceptors (Lipinski definition) is 3. The molecule has 2 aromatic rings. The van der Waals surface area contributed by atoms with Crippen LogP contribution in [0.4, 0.5) is 13.2 Å². The van der Waals surface area contributed by atoms with Crippen LogP contribution in [-0.2, 0) is 11.0 Å². The Morgan fingerprint density at radius 1 is 1.07 bits per heavy atom. The smallest absolute Gasteiger partial charge is 0.356 e. The van der Waals surface area contributed by atoms with Crippen molar-refractivity contribution in [2.45, 2.75) is 43.4 Å². The van der Waals surface area contributed by atoms with E-state index in [0.29, 0.717) is 13.0 Å². The van der Waals surface area contributed by atoms with Gasteiger partial charge in [0.15, 0.2) is 0 Å². The van der Waals surface area contributed by atoms with Crippen LogP contribution in [0.3, 0.4) is 0 Å². The van der Waals surface area contributed by atoms with Crippen molar-refractivity contribution in [3.05, 3.63) is 53.9 Å². The first-order valence-corrected chi connectivity index (χ1v) is 9.03. The molecule has 7 heteroatoms. The highest BCUT2D eigenvalue weighted by atomic mass is 19.4. The molecule has 2 aliphatic heterocycles. The number of amides is 1. The van der Waals surface area contributed by atoms with Crippen molar-refractivity contribution in [3.63, 3.8) is 0 Å². The second kappa shape index (κ2) is 6.64. The lowest BCUT2D eigenvalue weighted by Gasteiger charge is -2.34. The van der Waals surface area contributed by atoms with E-state index in [1.807, 2.05) is 6.07 Å². The SMILES string of the molecule is O=C1CC2(CCN1)CC[C@@H](c1cc(-c3ccc(C(F)(F)F)cc3)ccn1)N2. The molecule has 3 heterocycles. The van der Waals surface area contributed by atoms with Gasteiger partial charge < -0.3 is 10.6 Å². The van der Waals surface area contributed by atoms with Crippen molar-refractivity contribution < 1.29 is 18.0 Å². The zero-order valence-electron chi connectivity index (χ0n) is 14.6. The molecular weight excluding hydrogens is 355 g/mol. The summed E-state index contributed by atoms with van der Waals surface area (Å²) in [4.78, 5) is 16.2. The van der Waals surface area contributed by atoms with Crippen LogP contribution in [0, 0.1) is 0 Å². The Bertz CT molecular complexity index is 850. The second-order valence-corrected chi connectivity index (χ2v) is 7.34. The van der Waals surface area contributed by atoms with Crippen molar-refractivity contribution in [1.82, 2.24) is 15.6 Å². The number of hydrogen-bond donors (Lipinski definition) is 2. The van der Waals surface area contributed by atoms with Gasteiger partial charge in [-0.05, 0) is 54.7 Å². The van der Waals surface area contributed by atoms with Crippen LogP contribution < -0.4 is 10.6 Å². The van der Waals surface area contributed by atoms with Crippen LogP contribution in [0.15, 0.2) is 42.6 Å². The summed E-state index contributed by atoms with van der Waals surface area (Å²) in [6.07, 6.45) is 0.517. The Kier molecular flexibility index (Phi) is 4.42. The average Bonchev–Trinajstić information content (AvgIpc) is 3.04. The Hall–Kier alpha value is -2.41. The number of alkyl halides is 3. The number of halogens is 3. The van der Waals surface area contributed by atoms with Crippen LogP contribution in [0.25, 0.3) is 11.1 Å². The Balaban J connectivity index is 1.54. The zero-order valence-corrected chi connectivity index (χ0v) is 14.6. The van der Waals surface area contributed by atoms with E-state index < -0.39 is 11.7 Å². The van der Waals surface area contributed by atoms with Gasteiger partial charge in [0.1, 0.15) is 0 Å². The quantitative estimate of drug-likeness (QED) is 0.839.